The summed E-state index contributed by atoms with van der Waals surface area (Å²) in [6, 6.07) is 0. The molecule has 0 aromatic carbocycles. The van der Waals surface area contributed by atoms with Gasteiger partial charge in [-0.2, -0.15) is 0 Å². The maximum absolute atomic E-state index is 12.9. The molecule has 6 N–H and O–H groups in total. The van der Waals surface area contributed by atoms with Crippen LogP contribution in [0.3, 0.4) is 0 Å². The Morgan fingerprint density at radius 1 is 0.437 bits per heavy atom. The van der Waals surface area contributed by atoms with Gasteiger partial charge in [-0.25, -0.2) is 4.57 Å². The molecule has 1 rings (SSSR count). The summed E-state index contributed by atoms with van der Waals surface area (Å²) in [4.78, 5) is 35.9. The standard InChI is InChI=1S/C57H95O13P/c1-3-5-7-9-11-13-15-17-19-21-23-25-27-29-31-33-35-37-39-41-43-45-50(58)67-47-49(48-68-71(65,66)70-57-55(63)53(61)52(60)54(62)56(57)64)69-51(59)46-44-42-40-38-36-34-32-30-28-26-24-22-20-18-16-14-12-10-8-6-4-2/h5-8,11-14,17-20,23-26,49,52-57,60-64H,3-4,9-10,15-16,21-22,27-48H2,1-2H3,(H,65,66)/b7-5-,8-6-,13-11-,14-12-,19-17-,20-18-,25-23-,26-24-. The van der Waals surface area contributed by atoms with E-state index in [2.05, 4.69) is 111 Å². The van der Waals surface area contributed by atoms with E-state index in [1.165, 1.54) is 25.7 Å². The van der Waals surface area contributed by atoms with E-state index in [0.29, 0.717) is 12.8 Å². The quantitative estimate of drug-likeness (QED) is 0.0145. The van der Waals surface area contributed by atoms with Crippen molar-refractivity contribution in [3.8, 4) is 0 Å². The maximum atomic E-state index is 12.9. The van der Waals surface area contributed by atoms with Crippen molar-refractivity contribution in [1.82, 2.24) is 0 Å². The molecule has 0 spiro atoms. The van der Waals surface area contributed by atoms with Gasteiger partial charge in [-0.1, -0.05) is 188 Å². The van der Waals surface area contributed by atoms with Gasteiger partial charge in [-0.05, 0) is 89.9 Å². The molecule has 1 fully saturated rings. The number of esters is 2. The Morgan fingerprint density at radius 3 is 1.15 bits per heavy atom. The van der Waals surface area contributed by atoms with E-state index >= 15 is 0 Å². The van der Waals surface area contributed by atoms with E-state index in [9.17, 15) is 44.6 Å². The Bertz CT molecular complexity index is 1600. The van der Waals surface area contributed by atoms with E-state index in [0.717, 1.165) is 128 Å². The van der Waals surface area contributed by atoms with Gasteiger partial charge >= 0.3 is 19.8 Å². The highest BCUT2D eigenvalue weighted by Gasteiger charge is 2.51. The van der Waals surface area contributed by atoms with Crippen LogP contribution in [0.4, 0.5) is 0 Å². The summed E-state index contributed by atoms with van der Waals surface area (Å²) in [6.45, 7) is 3.08. The minimum atomic E-state index is -5.14. The van der Waals surface area contributed by atoms with Crippen molar-refractivity contribution in [1.29, 1.82) is 0 Å². The van der Waals surface area contributed by atoms with E-state index < -0.39 is 75.7 Å². The lowest BCUT2D eigenvalue weighted by atomic mass is 9.85. The third-order valence-electron chi connectivity index (χ3n) is 11.9. The number of hydrogen-bond acceptors (Lipinski definition) is 12. The number of rotatable bonds is 44. The van der Waals surface area contributed by atoms with Crippen LogP contribution < -0.4 is 0 Å². The van der Waals surface area contributed by atoms with Crippen molar-refractivity contribution in [3.05, 3.63) is 97.2 Å². The molecule has 1 saturated carbocycles. The lowest BCUT2D eigenvalue weighted by Gasteiger charge is -2.41. The number of phosphoric ester groups is 1. The predicted octanol–water partition coefficient (Wildman–Crippen LogP) is 12.2. The van der Waals surface area contributed by atoms with Crippen molar-refractivity contribution < 1.29 is 63.1 Å². The SMILES string of the molecule is CC/C=C\C/C=C\C/C=C\C/C=C\CCCCCCCCCCC(=O)OCC(COP(=O)(O)OC1C(O)C(O)C(O)C(O)C1O)OC(=O)CCCCCCCCCC/C=C\C/C=C\C/C=C\C/C=C\CC. The summed E-state index contributed by atoms with van der Waals surface area (Å²) in [7, 11) is -5.14. The minimum Gasteiger partial charge on any atom is -0.462 e. The molecule has 0 amide bonds. The van der Waals surface area contributed by atoms with E-state index in [1.807, 2.05) is 0 Å². The fourth-order valence-corrected chi connectivity index (χ4v) is 8.65. The zero-order valence-electron chi connectivity index (χ0n) is 43.5. The number of unbranched alkanes of at least 4 members (excludes halogenated alkanes) is 16. The van der Waals surface area contributed by atoms with E-state index in [-0.39, 0.29) is 12.8 Å². The summed E-state index contributed by atoms with van der Waals surface area (Å²) in [5.41, 5.74) is 0. The number of allylic oxidation sites excluding steroid dienone is 16. The van der Waals surface area contributed by atoms with Crippen LogP contribution in [-0.2, 0) is 32.7 Å². The number of aliphatic hydroxyl groups excluding tert-OH is 5. The van der Waals surface area contributed by atoms with Gasteiger partial charge in [-0.3, -0.25) is 18.6 Å². The van der Waals surface area contributed by atoms with Crippen LogP contribution in [0.25, 0.3) is 0 Å². The molecule has 406 valence electrons. The van der Waals surface area contributed by atoms with Crippen molar-refractivity contribution in [2.75, 3.05) is 13.2 Å². The Kier molecular flexibility index (Phi) is 42.1. The molecule has 0 radical (unpaired) electrons. The molecule has 1 aliphatic rings. The third kappa shape index (κ3) is 37.2. The van der Waals surface area contributed by atoms with Crippen LogP contribution in [0.5, 0.6) is 0 Å². The second kappa shape index (κ2) is 45.4. The van der Waals surface area contributed by atoms with Crippen LogP contribution in [-0.4, -0.2) is 98.3 Å². The molecular weight excluding hydrogens is 924 g/mol. The lowest BCUT2D eigenvalue weighted by molar-refractivity contribution is -0.220. The first-order valence-electron chi connectivity index (χ1n) is 27.0. The maximum Gasteiger partial charge on any atom is 0.472 e. The monoisotopic (exact) mass is 1020 g/mol. The van der Waals surface area contributed by atoms with Crippen molar-refractivity contribution in [2.24, 2.45) is 0 Å². The summed E-state index contributed by atoms with van der Waals surface area (Å²) in [5, 5.41) is 50.4. The molecule has 0 saturated heterocycles. The average molecular weight is 1020 g/mol. The molecule has 0 aromatic heterocycles. The zero-order chi connectivity index (χ0) is 52.1. The minimum absolute atomic E-state index is 0.0798. The Morgan fingerprint density at radius 2 is 0.761 bits per heavy atom. The summed E-state index contributed by atoms with van der Waals surface area (Å²) in [6.07, 6.45) is 48.7. The Balaban J connectivity index is 2.39. The smallest absolute Gasteiger partial charge is 0.462 e. The first-order valence-corrected chi connectivity index (χ1v) is 28.5. The lowest BCUT2D eigenvalue weighted by Crippen LogP contribution is -2.64. The average Bonchev–Trinajstić information content (AvgIpc) is 3.35. The van der Waals surface area contributed by atoms with Gasteiger partial charge in [-0.15, -0.1) is 0 Å². The summed E-state index contributed by atoms with van der Waals surface area (Å²) >= 11 is 0. The molecule has 13 nitrogen and oxygen atoms in total. The first kappa shape index (κ1) is 65.8. The van der Waals surface area contributed by atoms with Crippen LogP contribution in [0.15, 0.2) is 97.2 Å². The molecule has 0 aliphatic heterocycles. The van der Waals surface area contributed by atoms with E-state index in [4.69, 9.17) is 18.5 Å². The van der Waals surface area contributed by atoms with Gasteiger partial charge in [0.05, 0.1) is 6.61 Å². The third-order valence-corrected chi connectivity index (χ3v) is 12.9. The molecule has 6 unspecified atom stereocenters. The van der Waals surface area contributed by atoms with Gasteiger partial charge < -0.3 is 39.9 Å². The number of hydrogen-bond donors (Lipinski definition) is 6. The van der Waals surface area contributed by atoms with Gasteiger partial charge in [0.2, 0.25) is 0 Å². The largest absolute Gasteiger partial charge is 0.472 e. The van der Waals surface area contributed by atoms with Crippen molar-refractivity contribution >= 4 is 19.8 Å². The fourth-order valence-electron chi connectivity index (χ4n) is 7.68. The molecule has 0 aromatic rings. The van der Waals surface area contributed by atoms with Gasteiger partial charge in [0.25, 0.3) is 0 Å². The first-order chi connectivity index (χ1) is 34.4. The predicted molar refractivity (Wildman–Crippen MR) is 285 cm³/mol. The van der Waals surface area contributed by atoms with Gasteiger partial charge in [0, 0.05) is 12.8 Å². The topological polar surface area (TPSA) is 210 Å². The second-order valence-electron chi connectivity index (χ2n) is 18.3. The van der Waals surface area contributed by atoms with Crippen LogP contribution in [0.1, 0.15) is 194 Å². The number of carbonyl (C=O) groups is 2. The van der Waals surface area contributed by atoms with E-state index in [1.54, 1.807) is 0 Å². The second-order valence-corrected chi connectivity index (χ2v) is 19.7. The normalized spacial score (nSPS) is 21.4. The highest BCUT2D eigenvalue weighted by molar-refractivity contribution is 7.47. The molecular formula is C57H95O13P. The number of phosphoric acid groups is 1. The molecule has 6 atom stereocenters. The fraction of sp³-hybridized carbons (Fsp3) is 0.684. The zero-order valence-corrected chi connectivity index (χ0v) is 44.4. The number of carbonyl (C=O) groups excluding carboxylic acids is 2. The van der Waals surface area contributed by atoms with Gasteiger partial charge in [0.15, 0.2) is 6.10 Å². The molecule has 14 heteroatoms. The number of aliphatic hydroxyl groups is 5. The van der Waals surface area contributed by atoms with Gasteiger partial charge in [0.1, 0.15) is 43.2 Å². The number of ether oxygens (including phenoxy) is 2. The van der Waals surface area contributed by atoms with Crippen LogP contribution >= 0.6 is 7.82 Å². The molecule has 0 heterocycles. The summed E-state index contributed by atoms with van der Waals surface area (Å²) < 4.78 is 33.7. The Hall–Kier alpha value is -3.23. The Labute approximate surface area is 428 Å². The van der Waals surface area contributed by atoms with Crippen LogP contribution in [0, 0.1) is 0 Å². The molecule has 1 aliphatic carbocycles. The molecule has 0 bridgehead atoms. The molecule has 71 heavy (non-hydrogen) atoms. The summed E-state index contributed by atoms with van der Waals surface area (Å²) in [5.74, 6) is -1.12. The van der Waals surface area contributed by atoms with Crippen molar-refractivity contribution in [2.45, 2.75) is 236 Å². The van der Waals surface area contributed by atoms with Crippen LogP contribution in [0.2, 0.25) is 0 Å². The highest BCUT2D eigenvalue weighted by Crippen LogP contribution is 2.47. The highest BCUT2D eigenvalue weighted by atomic mass is 31.2. The van der Waals surface area contributed by atoms with Crippen molar-refractivity contribution in [3.63, 3.8) is 0 Å².